The molecule has 78 valence electrons. The molecule has 0 aliphatic rings. The van der Waals surface area contributed by atoms with Crippen molar-refractivity contribution >= 4 is 11.9 Å². The highest BCUT2D eigenvalue weighted by molar-refractivity contribution is 5.75. The summed E-state index contributed by atoms with van der Waals surface area (Å²) in [7, 11) is 0. The summed E-state index contributed by atoms with van der Waals surface area (Å²) in [5.41, 5.74) is -1.58. The average molecular weight is 192 g/mol. The van der Waals surface area contributed by atoms with Crippen molar-refractivity contribution in [3.63, 3.8) is 0 Å². The third-order valence-corrected chi connectivity index (χ3v) is 0.871. The van der Waals surface area contributed by atoms with Gasteiger partial charge in [0.2, 0.25) is 0 Å². The Labute approximate surface area is 77.3 Å². The van der Waals surface area contributed by atoms with E-state index in [9.17, 15) is 9.59 Å². The average Bonchev–Trinajstić information content (AvgIpc) is 1.85. The van der Waals surface area contributed by atoms with Crippen molar-refractivity contribution in [2.24, 2.45) is 0 Å². The first-order chi connectivity index (χ1) is 5.71. The number of carbonyl (C=O) groups is 2. The molecular weight excluding hydrogens is 176 g/mol. The second-order valence-electron chi connectivity index (χ2n) is 2.79. The fourth-order valence-electron chi connectivity index (χ4n) is 0.203. The molecule has 0 saturated carbocycles. The van der Waals surface area contributed by atoms with Crippen LogP contribution in [0.25, 0.3) is 0 Å². The van der Waals surface area contributed by atoms with Crippen molar-refractivity contribution < 1.29 is 24.5 Å². The molecule has 0 saturated heterocycles. The minimum absolute atomic E-state index is 0.211. The van der Waals surface area contributed by atoms with Crippen LogP contribution in [-0.2, 0) is 14.3 Å². The Hall–Kier alpha value is -1.10. The van der Waals surface area contributed by atoms with Gasteiger partial charge in [0.1, 0.15) is 0 Å². The number of carboxylic acids is 1. The molecule has 0 unspecified atom stereocenters. The highest BCUT2D eigenvalue weighted by Crippen LogP contribution is 1.97. The molecule has 2 N–H and O–H groups in total. The summed E-state index contributed by atoms with van der Waals surface area (Å²) in [6, 6.07) is 0. The lowest BCUT2D eigenvalue weighted by Gasteiger charge is -2.07. The highest BCUT2D eigenvalue weighted by Gasteiger charge is 2.21. The molecule has 0 atom stereocenters. The summed E-state index contributed by atoms with van der Waals surface area (Å²) in [6.45, 7) is 6.09. The molecule has 0 aromatic carbocycles. The van der Waals surface area contributed by atoms with E-state index in [1.165, 1.54) is 20.8 Å². The SMILES string of the molecule is CC(C)(O)C(=O)O.CCOC(C)=O. The molecule has 0 heterocycles. The van der Waals surface area contributed by atoms with Gasteiger partial charge in [-0.05, 0) is 20.8 Å². The Balaban J connectivity index is 0. The van der Waals surface area contributed by atoms with E-state index in [1.807, 2.05) is 0 Å². The van der Waals surface area contributed by atoms with Gasteiger partial charge in [0, 0.05) is 6.92 Å². The minimum atomic E-state index is -1.58. The number of ether oxygens (including phenoxy) is 1. The molecule has 13 heavy (non-hydrogen) atoms. The quantitative estimate of drug-likeness (QED) is 0.619. The van der Waals surface area contributed by atoms with Crippen molar-refractivity contribution in [2.45, 2.75) is 33.3 Å². The third-order valence-electron chi connectivity index (χ3n) is 0.871. The molecule has 5 heteroatoms. The first-order valence-electron chi connectivity index (χ1n) is 3.81. The second kappa shape index (κ2) is 6.42. The number of aliphatic hydroxyl groups is 1. The van der Waals surface area contributed by atoms with Crippen molar-refractivity contribution in [3.05, 3.63) is 0 Å². The van der Waals surface area contributed by atoms with Crippen molar-refractivity contribution in [2.75, 3.05) is 6.61 Å². The van der Waals surface area contributed by atoms with Gasteiger partial charge in [0.15, 0.2) is 5.60 Å². The van der Waals surface area contributed by atoms with Crippen LogP contribution in [0.3, 0.4) is 0 Å². The van der Waals surface area contributed by atoms with Crippen molar-refractivity contribution in [1.29, 1.82) is 0 Å². The summed E-state index contributed by atoms with van der Waals surface area (Å²) in [5.74, 6) is -1.41. The minimum Gasteiger partial charge on any atom is -0.479 e. The van der Waals surface area contributed by atoms with E-state index in [4.69, 9.17) is 10.2 Å². The lowest BCUT2D eigenvalue weighted by Crippen LogP contribution is -2.30. The second-order valence-corrected chi connectivity index (χ2v) is 2.79. The normalized spacial score (nSPS) is 9.62. The largest absolute Gasteiger partial charge is 0.479 e. The van der Waals surface area contributed by atoms with Crippen LogP contribution in [0.15, 0.2) is 0 Å². The molecule has 0 aromatic rings. The summed E-state index contributed by atoms with van der Waals surface area (Å²) in [4.78, 5) is 19.6. The predicted molar refractivity (Wildman–Crippen MR) is 46.2 cm³/mol. The van der Waals surface area contributed by atoms with Gasteiger partial charge in [-0.2, -0.15) is 0 Å². The number of aliphatic carboxylic acids is 1. The van der Waals surface area contributed by atoms with E-state index >= 15 is 0 Å². The molecule has 0 fully saturated rings. The van der Waals surface area contributed by atoms with E-state index in [0.717, 1.165) is 0 Å². The van der Waals surface area contributed by atoms with E-state index in [2.05, 4.69) is 4.74 Å². The van der Waals surface area contributed by atoms with Gasteiger partial charge < -0.3 is 14.9 Å². The van der Waals surface area contributed by atoms with Gasteiger partial charge >= 0.3 is 11.9 Å². The van der Waals surface area contributed by atoms with Crippen LogP contribution in [0.4, 0.5) is 0 Å². The topological polar surface area (TPSA) is 83.8 Å². The van der Waals surface area contributed by atoms with Crippen LogP contribution in [0.5, 0.6) is 0 Å². The van der Waals surface area contributed by atoms with Gasteiger partial charge in [-0.25, -0.2) is 4.79 Å². The highest BCUT2D eigenvalue weighted by atomic mass is 16.5. The van der Waals surface area contributed by atoms with E-state index in [0.29, 0.717) is 6.61 Å². The number of hydrogen-bond donors (Lipinski definition) is 2. The zero-order valence-electron chi connectivity index (χ0n) is 8.33. The molecule has 0 radical (unpaired) electrons. The fourth-order valence-corrected chi connectivity index (χ4v) is 0.203. The Bertz CT molecular complexity index is 168. The van der Waals surface area contributed by atoms with Gasteiger partial charge in [0.25, 0.3) is 0 Å². The standard InChI is InChI=1S/C4H8O3.C4H8O2/c1-4(2,7)3(5)6;1-3-6-4(2)5/h7H,1-2H3,(H,5,6);3H2,1-2H3. The number of carbonyl (C=O) groups excluding carboxylic acids is 1. The van der Waals surface area contributed by atoms with Gasteiger partial charge in [-0.1, -0.05) is 0 Å². The molecule has 0 aliphatic heterocycles. The van der Waals surface area contributed by atoms with Crippen LogP contribution >= 0.6 is 0 Å². The Kier molecular flexibility index (Phi) is 7.12. The maximum absolute atomic E-state index is 9.82. The lowest BCUT2D eigenvalue weighted by atomic mass is 10.1. The Morgan fingerprint density at radius 1 is 1.38 bits per heavy atom. The van der Waals surface area contributed by atoms with E-state index < -0.39 is 11.6 Å². The Morgan fingerprint density at radius 2 is 1.69 bits per heavy atom. The first-order valence-corrected chi connectivity index (χ1v) is 3.81. The summed E-state index contributed by atoms with van der Waals surface area (Å²) in [6.07, 6.45) is 0. The number of carboxylic acid groups (broad SMARTS) is 1. The fraction of sp³-hybridized carbons (Fsp3) is 0.750. The maximum atomic E-state index is 9.82. The zero-order chi connectivity index (χ0) is 11.1. The molecule has 0 aliphatic carbocycles. The smallest absolute Gasteiger partial charge is 0.335 e. The Morgan fingerprint density at radius 3 is 1.69 bits per heavy atom. The maximum Gasteiger partial charge on any atom is 0.335 e. The molecule has 0 aromatic heterocycles. The summed E-state index contributed by atoms with van der Waals surface area (Å²) >= 11 is 0. The van der Waals surface area contributed by atoms with Crippen LogP contribution in [-0.4, -0.2) is 34.4 Å². The molecular formula is C8H16O5. The van der Waals surface area contributed by atoms with Gasteiger partial charge in [0.05, 0.1) is 6.61 Å². The van der Waals surface area contributed by atoms with Crippen LogP contribution in [0.1, 0.15) is 27.7 Å². The van der Waals surface area contributed by atoms with E-state index in [-0.39, 0.29) is 5.97 Å². The van der Waals surface area contributed by atoms with Crippen molar-refractivity contribution in [3.8, 4) is 0 Å². The number of rotatable bonds is 2. The number of hydrogen-bond acceptors (Lipinski definition) is 4. The van der Waals surface area contributed by atoms with Gasteiger partial charge in [-0.15, -0.1) is 0 Å². The molecule has 0 rings (SSSR count). The van der Waals surface area contributed by atoms with Crippen LogP contribution in [0, 0.1) is 0 Å². The molecule has 0 amide bonds. The van der Waals surface area contributed by atoms with Crippen LogP contribution < -0.4 is 0 Å². The molecule has 0 bridgehead atoms. The molecule has 0 spiro atoms. The zero-order valence-corrected chi connectivity index (χ0v) is 8.33. The summed E-state index contributed by atoms with van der Waals surface area (Å²) in [5, 5.41) is 16.5. The monoisotopic (exact) mass is 192 g/mol. The van der Waals surface area contributed by atoms with Crippen molar-refractivity contribution in [1.82, 2.24) is 0 Å². The third kappa shape index (κ3) is 13.8. The van der Waals surface area contributed by atoms with Crippen LogP contribution in [0.2, 0.25) is 0 Å². The summed E-state index contributed by atoms with van der Waals surface area (Å²) < 4.78 is 4.40. The van der Waals surface area contributed by atoms with E-state index in [1.54, 1.807) is 6.92 Å². The molecule has 5 nitrogen and oxygen atoms in total. The predicted octanol–water partition coefficient (Wildman–Crippen LogP) is 0.411. The first kappa shape index (κ1) is 14.4. The lowest BCUT2D eigenvalue weighted by molar-refractivity contribution is -0.154. The number of esters is 1. The van der Waals surface area contributed by atoms with Gasteiger partial charge in [-0.3, -0.25) is 4.79 Å².